The summed E-state index contributed by atoms with van der Waals surface area (Å²) >= 11 is 9.32. The molecule has 116 valence electrons. The Balaban J connectivity index is 2.07. The standard InChI is InChI=1S/C16H11BrClN3O2/c17-12-3-1-2-10(8-12)9-21-15(14(16(22)23)19-20-21)11-4-6-13(18)7-5-11/h1-8H,9H2,(H,22,23). The normalized spacial score (nSPS) is 10.7. The van der Waals surface area contributed by atoms with Gasteiger partial charge < -0.3 is 5.11 Å². The fourth-order valence-electron chi connectivity index (χ4n) is 2.27. The van der Waals surface area contributed by atoms with Crippen LogP contribution in [-0.2, 0) is 6.54 Å². The fourth-order valence-corrected chi connectivity index (χ4v) is 2.84. The largest absolute Gasteiger partial charge is 0.476 e. The van der Waals surface area contributed by atoms with Gasteiger partial charge in [-0.25, -0.2) is 9.48 Å². The number of rotatable bonds is 4. The molecule has 3 aromatic rings. The van der Waals surface area contributed by atoms with E-state index in [4.69, 9.17) is 11.6 Å². The Bertz CT molecular complexity index is 862. The van der Waals surface area contributed by atoms with Crippen molar-refractivity contribution in [2.75, 3.05) is 0 Å². The van der Waals surface area contributed by atoms with Crippen LogP contribution in [0.25, 0.3) is 11.3 Å². The summed E-state index contributed by atoms with van der Waals surface area (Å²) in [4.78, 5) is 11.4. The first-order valence-electron chi connectivity index (χ1n) is 6.72. The van der Waals surface area contributed by atoms with Crippen LogP contribution >= 0.6 is 27.5 Å². The SMILES string of the molecule is O=C(O)c1nnn(Cc2cccc(Br)c2)c1-c1ccc(Cl)cc1. The molecule has 0 bridgehead atoms. The van der Waals surface area contributed by atoms with Crippen LogP contribution in [-0.4, -0.2) is 26.1 Å². The van der Waals surface area contributed by atoms with Crippen LogP contribution in [0.2, 0.25) is 5.02 Å². The number of carbonyl (C=O) groups is 1. The van der Waals surface area contributed by atoms with Crippen molar-refractivity contribution in [1.29, 1.82) is 0 Å². The summed E-state index contributed by atoms with van der Waals surface area (Å²) in [7, 11) is 0. The van der Waals surface area contributed by atoms with Crippen molar-refractivity contribution in [3.8, 4) is 11.3 Å². The second kappa shape index (κ2) is 6.52. The molecule has 2 aromatic carbocycles. The number of aromatic carboxylic acids is 1. The van der Waals surface area contributed by atoms with Crippen LogP contribution in [0.5, 0.6) is 0 Å². The Kier molecular flexibility index (Phi) is 4.45. The van der Waals surface area contributed by atoms with Crippen molar-refractivity contribution in [2.24, 2.45) is 0 Å². The van der Waals surface area contributed by atoms with E-state index in [1.54, 1.807) is 28.9 Å². The van der Waals surface area contributed by atoms with E-state index in [1.165, 1.54) is 0 Å². The Morgan fingerprint density at radius 3 is 2.61 bits per heavy atom. The minimum Gasteiger partial charge on any atom is -0.476 e. The molecule has 1 heterocycles. The molecule has 23 heavy (non-hydrogen) atoms. The number of halogens is 2. The third kappa shape index (κ3) is 3.43. The van der Waals surface area contributed by atoms with Gasteiger partial charge in [0.25, 0.3) is 0 Å². The van der Waals surface area contributed by atoms with Crippen molar-refractivity contribution in [3.05, 3.63) is 69.3 Å². The molecule has 0 aliphatic carbocycles. The molecule has 0 fully saturated rings. The Morgan fingerprint density at radius 2 is 1.96 bits per heavy atom. The second-order valence-electron chi connectivity index (χ2n) is 4.89. The monoisotopic (exact) mass is 391 g/mol. The van der Waals surface area contributed by atoms with Crippen molar-refractivity contribution in [1.82, 2.24) is 15.0 Å². The molecule has 5 nitrogen and oxygen atoms in total. The highest BCUT2D eigenvalue weighted by Crippen LogP contribution is 2.25. The molecule has 0 aliphatic rings. The third-order valence-electron chi connectivity index (χ3n) is 3.28. The average Bonchev–Trinajstić information content (AvgIpc) is 2.92. The highest BCUT2D eigenvalue weighted by atomic mass is 79.9. The van der Waals surface area contributed by atoms with Gasteiger partial charge in [0.15, 0.2) is 5.69 Å². The van der Waals surface area contributed by atoms with Gasteiger partial charge in [-0.2, -0.15) is 0 Å². The van der Waals surface area contributed by atoms with E-state index < -0.39 is 5.97 Å². The molecule has 3 rings (SSSR count). The van der Waals surface area contributed by atoms with Crippen LogP contribution in [0.1, 0.15) is 16.1 Å². The number of hydrogen-bond acceptors (Lipinski definition) is 3. The number of carboxylic acid groups (broad SMARTS) is 1. The minimum absolute atomic E-state index is 0.0812. The van der Waals surface area contributed by atoms with E-state index in [0.717, 1.165) is 10.0 Å². The first-order valence-corrected chi connectivity index (χ1v) is 7.89. The Labute approximate surface area is 145 Å². The van der Waals surface area contributed by atoms with Gasteiger partial charge in [0.05, 0.1) is 6.54 Å². The number of benzene rings is 2. The van der Waals surface area contributed by atoms with E-state index in [2.05, 4.69) is 26.2 Å². The second-order valence-corrected chi connectivity index (χ2v) is 6.24. The van der Waals surface area contributed by atoms with Gasteiger partial charge in [-0.05, 0) is 29.8 Å². The van der Waals surface area contributed by atoms with Gasteiger partial charge >= 0.3 is 5.97 Å². The molecule has 0 spiro atoms. The molecule has 1 N–H and O–H groups in total. The van der Waals surface area contributed by atoms with E-state index in [1.807, 2.05) is 24.3 Å². The summed E-state index contributed by atoms with van der Waals surface area (Å²) in [6.07, 6.45) is 0. The maximum Gasteiger partial charge on any atom is 0.358 e. The van der Waals surface area contributed by atoms with Gasteiger partial charge in [0, 0.05) is 15.1 Å². The third-order valence-corrected chi connectivity index (χ3v) is 4.02. The van der Waals surface area contributed by atoms with Crippen LogP contribution in [0.4, 0.5) is 0 Å². The Morgan fingerprint density at radius 1 is 1.22 bits per heavy atom. The predicted molar refractivity (Wildman–Crippen MR) is 90.7 cm³/mol. The highest BCUT2D eigenvalue weighted by Gasteiger charge is 2.20. The van der Waals surface area contributed by atoms with Crippen LogP contribution in [0, 0.1) is 0 Å². The summed E-state index contributed by atoms with van der Waals surface area (Å²) in [5.74, 6) is -1.12. The van der Waals surface area contributed by atoms with Gasteiger partial charge in [0.1, 0.15) is 5.69 Å². The van der Waals surface area contributed by atoms with Gasteiger partial charge in [-0.1, -0.05) is 57.0 Å². The number of nitrogens with zero attached hydrogens (tertiary/aromatic N) is 3. The predicted octanol–water partition coefficient (Wildman–Crippen LogP) is 4.11. The minimum atomic E-state index is -1.12. The van der Waals surface area contributed by atoms with Crippen molar-refractivity contribution in [2.45, 2.75) is 6.54 Å². The van der Waals surface area contributed by atoms with Crippen molar-refractivity contribution >= 4 is 33.5 Å². The van der Waals surface area contributed by atoms with Gasteiger partial charge in [-0.3, -0.25) is 0 Å². The zero-order valence-electron chi connectivity index (χ0n) is 11.8. The maximum absolute atomic E-state index is 11.4. The summed E-state index contributed by atoms with van der Waals surface area (Å²) in [6, 6.07) is 14.7. The first-order chi connectivity index (χ1) is 11.0. The first kappa shape index (κ1) is 15.7. The molecule has 0 aliphatic heterocycles. The fraction of sp³-hybridized carbons (Fsp3) is 0.0625. The lowest BCUT2D eigenvalue weighted by atomic mass is 10.1. The Hall–Kier alpha value is -2.18. The lowest BCUT2D eigenvalue weighted by Crippen LogP contribution is -2.06. The van der Waals surface area contributed by atoms with Crippen LogP contribution in [0.15, 0.2) is 53.0 Å². The zero-order valence-corrected chi connectivity index (χ0v) is 14.1. The maximum atomic E-state index is 11.4. The molecular weight excluding hydrogens is 382 g/mol. The van der Waals surface area contributed by atoms with E-state index in [-0.39, 0.29) is 5.69 Å². The smallest absolute Gasteiger partial charge is 0.358 e. The average molecular weight is 393 g/mol. The van der Waals surface area contributed by atoms with Crippen LogP contribution < -0.4 is 0 Å². The number of hydrogen-bond donors (Lipinski definition) is 1. The van der Waals surface area contributed by atoms with E-state index in [9.17, 15) is 9.90 Å². The lowest BCUT2D eigenvalue weighted by Gasteiger charge is -2.08. The summed E-state index contributed by atoms with van der Waals surface area (Å²) in [6.45, 7) is 0.414. The molecule has 7 heteroatoms. The topological polar surface area (TPSA) is 68.0 Å². The summed E-state index contributed by atoms with van der Waals surface area (Å²) in [5, 5.41) is 17.7. The van der Waals surface area contributed by atoms with Gasteiger partial charge in [-0.15, -0.1) is 5.10 Å². The quantitative estimate of drug-likeness (QED) is 0.725. The highest BCUT2D eigenvalue weighted by molar-refractivity contribution is 9.10. The van der Waals surface area contributed by atoms with Crippen molar-refractivity contribution in [3.63, 3.8) is 0 Å². The zero-order chi connectivity index (χ0) is 16.4. The summed E-state index contributed by atoms with van der Waals surface area (Å²) < 4.78 is 2.52. The molecule has 1 aromatic heterocycles. The summed E-state index contributed by atoms with van der Waals surface area (Å²) in [5.41, 5.74) is 2.06. The number of aromatic nitrogens is 3. The van der Waals surface area contributed by atoms with Crippen LogP contribution in [0.3, 0.4) is 0 Å². The van der Waals surface area contributed by atoms with E-state index in [0.29, 0.717) is 22.8 Å². The van der Waals surface area contributed by atoms with Crippen molar-refractivity contribution < 1.29 is 9.90 Å². The van der Waals surface area contributed by atoms with E-state index >= 15 is 0 Å². The molecule has 0 radical (unpaired) electrons. The number of carboxylic acids is 1. The molecule has 0 unspecified atom stereocenters. The molecule has 0 amide bonds. The molecular formula is C16H11BrClN3O2. The lowest BCUT2D eigenvalue weighted by molar-refractivity contribution is 0.0691. The molecule has 0 saturated heterocycles. The molecule has 0 saturated carbocycles. The van der Waals surface area contributed by atoms with Gasteiger partial charge in [0.2, 0.25) is 0 Å². The molecule has 0 atom stereocenters.